The third kappa shape index (κ3) is 9.67. The van der Waals surface area contributed by atoms with Crippen molar-refractivity contribution >= 4 is 72.6 Å². The lowest BCUT2D eigenvalue weighted by molar-refractivity contribution is -0.126. The van der Waals surface area contributed by atoms with E-state index in [0.29, 0.717) is 33.8 Å². The quantitative estimate of drug-likeness (QED) is 0.0820. The molecule has 0 bridgehead atoms. The van der Waals surface area contributed by atoms with Gasteiger partial charge in [0.05, 0.1) is 18.9 Å². The van der Waals surface area contributed by atoms with E-state index in [1.54, 1.807) is 43.4 Å². The highest BCUT2D eigenvalue weighted by Gasteiger charge is 2.35. The van der Waals surface area contributed by atoms with Gasteiger partial charge in [-0.05, 0) is 65.6 Å². The highest BCUT2D eigenvalue weighted by molar-refractivity contribution is 9.10. The molecule has 1 aliphatic rings. The average molecular weight is 842 g/mol. The number of amides is 3. The summed E-state index contributed by atoms with van der Waals surface area (Å²) in [5.74, 6) is -0.841. The number of ether oxygens (including phenoxy) is 2. The molecular formula is C41H35Br2N3O5S. The maximum Gasteiger partial charge on any atom is 0.285 e. The van der Waals surface area contributed by atoms with Crippen molar-refractivity contribution in [2.75, 3.05) is 12.9 Å². The molecule has 264 valence electrons. The van der Waals surface area contributed by atoms with Crippen molar-refractivity contribution in [1.82, 2.24) is 10.2 Å². The van der Waals surface area contributed by atoms with Crippen LogP contribution in [0, 0.1) is 0 Å². The molecule has 3 amide bonds. The number of benzene rings is 4. The Labute approximate surface area is 324 Å². The molecule has 0 aliphatic carbocycles. The molecule has 1 N–H and O–H groups in total. The molecule has 0 spiro atoms. The van der Waals surface area contributed by atoms with Crippen LogP contribution >= 0.6 is 43.6 Å². The number of hydrogen-bond acceptors (Lipinski definition) is 6. The monoisotopic (exact) mass is 839 g/mol. The first kappa shape index (κ1) is 38.3. The molecular weight excluding hydrogens is 806 g/mol. The highest BCUT2D eigenvalue weighted by atomic mass is 79.9. The van der Waals surface area contributed by atoms with E-state index in [9.17, 15) is 14.4 Å². The van der Waals surface area contributed by atoms with Crippen LogP contribution in [0.5, 0.6) is 11.5 Å². The summed E-state index contributed by atoms with van der Waals surface area (Å²) in [4.78, 5) is 46.8. The summed E-state index contributed by atoms with van der Waals surface area (Å²) < 4.78 is 13.2. The molecule has 8 nitrogen and oxygen atoms in total. The van der Waals surface area contributed by atoms with Gasteiger partial charge in [-0.1, -0.05) is 141 Å². The lowest BCUT2D eigenvalue weighted by Gasteiger charge is -2.28. The maximum absolute atomic E-state index is 14.2. The van der Waals surface area contributed by atoms with Crippen LogP contribution < -0.4 is 14.8 Å². The SMILES string of the molecule is C=C/C=C\C(=C/C)N1C(=O)/C(=C/c2cc(OC)c(OCc3ccc(Br)cc3)cc2Br)C(=O)N=C1SCC(=O)NC(c1ccccc1)c1ccccc1. The third-order valence-corrected chi connectivity index (χ3v) is 9.96. The molecule has 0 unspecified atom stereocenters. The van der Waals surface area contributed by atoms with Crippen molar-refractivity contribution in [3.63, 3.8) is 0 Å². The van der Waals surface area contributed by atoms with Gasteiger partial charge >= 0.3 is 0 Å². The number of thioether (sulfide) groups is 1. The number of halogens is 2. The van der Waals surface area contributed by atoms with Gasteiger partial charge in [0.25, 0.3) is 11.8 Å². The van der Waals surface area contributed by atoms with Crippen LogP contribution in [0.2, 0.25) is 0 Å². The first-order valence-corrected chi connectivity index (χ1v) is 18.7. The van der Waals surface area contributed by atoms with Crippen LogP contribution in [-0.2, 0) is 21.0 Å². The van der Waals surface area contributed by atoms with Crippen molar-refractivity contribution in [1.29, 1.82) is 0 Å². The van der Waals surface area contributed by atoms with E-state index in [-0.39, 0.29) is 22.4 Å². The highest BCUT2D eigenvalue weighted by Crippen LogP contribution is 2.36. The predicted molar refractivity (Wildman–Crippen MR) is 215 cm³/mol. The number of aliphatic imine (C=N–C) groups is 1. The number of hydrogen-bond donors (Lipinski definition) is 1. The average Bonchev–Trinajstić information content (AvgIpc) is 3.16. The molecule has 11 heteroatoms. The summed E-state index contributed by atoms with van der Waals surface area (Å²) in [6.45, 7) is 5.81. The second-order valence-corrected chi connectivity index (χ2v) is 14.0. The van der Waals surface area contributed by atoms with Gasteiger partial charge in [0.15, 0.2) is 16.7 Å². The van der Waals surface area contributed by atoms with Gasteiger partial charge in [-0.25, -0.2) is 0 Å². The summed E-state index contributed by atoms with van der Waals surface area (Å²) in [6, 6.07) is 30.1. The fourth-order valence-corrected chi connectivity index (χ4v) is 6.73. The second kappa shape index (κ2) is 18.5. The van der Waals surface area contributed by atoms with Crippen LogP contribution in [0.25, 0.3) is 6.08 Å². The van der Waals surface area contributed by atoms with E-state index in [4.69, 9.17) is 9.47 Å². The molecule has 0 radical (unpaired) electrons. The Balaban J connectivity index is 1.41. The number of nitrogens with one attached hydrogen (secondary N) is 1. The fraction of sp³-hybridized carbons (Fsp3) is 0.122. The zero-order chi connectivity index (χ0) is 37.0. The summed E-state index contributed by atoms with van der Waals surface area (Å²) >= 11 is 8.01. The van der Waals surface area contributed by atoms with Gasteiger partial charge in [0.2, 0.25) is 5.91 Å². The smallest absolute Gasteiger partial charge is 0.285 e. The Morgan fingerprint density at radius 3 is 2.21 bits per heavy atom. The van der Waals surface area contributed by atoms with Crippen LogP contribution in [0.1, 0.15) is 35.2 Å². The number of allylic oxidation sites excluding steroid dienone is 4. The summed E-state index contributed by atoms with van der Waals surface area (Å²) in [5.41, 5.74) is 3.59. The lowest BCUT2D eigenvalue weighted by atomic mass is 9.99. The van der Waals surface area contributed by atoms with Gasteiger partial charge in [-0.15, -0.1) is 0 Å². The molecule has 0 fully saturated rings. The molecule has 1 aliphatic heterocycles. The Kier molecular flexibility index (Phi) is 13.6. The first-order chi connectivity index (χ1) is 25.2. The van der Waals surface area contributed by atoms with E-state index >= 15 is 0 Å². The second-order valence-electron chi connectivity index (χ2n) is 11.3. The molecule has 0 aromatic heterocycles. The summed E-state index contributed by atoms with van der Waals surface area (Å²) in [7, 11) is 1.52. The molecule has 1 heterocycles. The van der Waals surface area contributed by atoms with E-state index in [0.717, 1.165) is 32.9 Å². The van der Waals surface area contributed by atoms with Crippen LogP contribution in [0.4, 0.5) is 0 Å². The Morgan fingerprint density at radius 1 is 0.962 bits per heavy atom. The molecule has 52 heavy (non-hydrogen) atoms. The van der Waals surface area contributed by atoms with Crippen molar-refractivity contribution in [3.8, 4) is 11.5 Å². The van der Waals surface area contributed by atoms with Crippen LogP contribution in [0.15, 0.2) is 153 Å². The Morgan fingerprint density at radius 2 is 1.62 bits per heavy atom. The first-order valence-electron chi connectivity index (χ1n) is 16.1. The minimum Gasteiger partial charge on any atom is -0.493 e. The van der Waals surface area contributed by atoms with Crippen molar-refractivity contribution < 1.29 is 23.9 Å². The molecule has 0 saturated heterocycles. The molecule has 4 aromatic rings. The van der Waals surface area contributed by atoms with Crippen molar-refractivity contribution in [3.05, 3.63) is 170 Å². The standard InChI is InChI=1S/C41H35Br2N3O5S/c1-4-6-17-32(5-2)46-40(49)33(22-30-23-35(50-3)36(24-34(30)43)51-25-27-18-20-31(42)21-19-27)39(48)45-41(46)52-26-37(47)44-38(28-13-9-7-10-14-28)29-15-11-8-12-16-29/h4-24,38H,1,25-26H2,2-3H3,(H,44,47)/b17-6-,32-5+,33-22+. The van der Waals surface area contributed by atoms with E-state index in [2.05, 4.69) is 48.7 Å². The normalized spacial score (nSPS) is 14.2. The lowest BCUT2D eigenvalue weighted by Crippen LogP contribution is -2.42. The van der Waals surface area contributed by atoms with Crippen molar-refractivity contribution in [2.45, 2.75) is 19.6 Å². The minimum atomic E-state index is -0.736. The molecule has 4 aromatic carbocycles. The van der Waals surface area contributed by atoms with Gasteiger partial charge in [0, 0.05) is 14.6 Å². The number of carbonyl (C=O) groups excluding carboxylic acids is 3. The van der Waals surface area contributed by atoms with Gasteiger partial charge < -0.3 is 14.8 Å². The predicted octanol–water partition coefficient (Wildman–Crippen LogP) is 9.19. The van der Waals surface area contributed by atoms with E-state index in [1.807, 2.05) is 84.9 Å². The molecule has 0 saturated carbocycles. The largest absolute Gasteiger partial charge is 0.493 e. The summed E-state index contributed by atoms with van der Waals surface area (Å²) in [5, 5.41) is 3.18. The minimum absolute atomic E-state index is 0.0772. The zero-order valence-electron chi connectivity index (χ0n) is 28.4. The number of rotatable bonds is 13. The summed E-state index contributed by atoms with van der Waals surface area (Å²) in [6.07, 6.45) is 8.13. The number of nitrogens with zero attached hydrogens (tertiary/aromatic N) is 2. The fourth-order valence-electron chi connectivity index (χ4n) is 5.22. The van der Waals surface area contributed by atoms with Crippen molar-refractivity contribution in [2.24, 2.45) is 4.99 Å². The van der Waals surface area contributed by atoms with Crippen LogP contribution in [-0.4, -0.2) is 40.7 Å². The number of carbonyl (C=O) groups is 3. The maximum atomic E-state index is 14.2. The van der Waals surface area contributed by atoms with E-state index < -0.39 is 17.9 Å². The zero-order valence-corrected chi connectivity index (χ0v) is 32.4. The number of amidine groups is 1. The number of methoxy groups -OCH3 is 1. The van der Waals surface area contributed by atoms with Crippen LogP contribution in [0.3, 0.4) is 0 Å². The Bertz CT molecular complexity index is 2020. The Hall–Kier alpha value is -4.97. The van der Waals surface area contributed by atoms with Gasteiger partial charge in [-0.3, -0.25) is 19.3 Å². The van der Waals surface area contributed by atoms with Gasteiger partial charge in [0.1, 0.15) is 12.2 Å². The van der Waals surface area contributed by atoms with Gasteiger partial charge in [-0.2, -0.15) is 4.99 Å². The van der Waals surface area contributed by atoms with E-state index in [1.165, 1.54) is 18.1 Å². The molecule has 0 atom stereocenters. The topological polar surface area (TPSA) is 97.3 Å². The third-order valence-electron chi connectivity index (χ3n) is 7.80. The molecule has 5 rings (SSSR count).